The zero-order chi connectivity index (χ0) is 21.9. The minimum absolute atomic E-state index is 0.0733. The van der Waals surface area contributed by atoms with Gasteiger partial charge in [-0.1, -0.05) is 25.1 Å². The second-order valence-electron chi connectivity index (χ2n) is 7.14. The van der Waals surface area contributed by atoms with Gasteiger partial charge in [0.25, 0.3) is 11.8 Å². The van der Waals surface area contributed by atoms with Gasteiger partial charge >= 0.3 is 0 Å². The van der Waals surface area contributed by atoms with E-state index in [-0.39, 0.29) is 23.8 Å². The van der Waals surface area contributed by atoms with Crippen LogP contribution < -0.4 is 15.4 Å². The highest BCUT2D eigenvalue weighted by atomic mass is 19.1. The zero-order valence-corrected chi connectivity index (χ0v) is 17.0. The Hall–Kier alpha value is -3.66. The normalized spacial score (nSPS) is 20.1. The van der Waals surface area contributed by atoms with E-state index >= 15 is 0 Å². The molecule has 0 aromatic heterocycles. The summed E-state index contributed by atoms with van der Waals surface area (Å²) in [6, 6.07) is 12.9. The van der Waals surface area contributed by atoms with Crippen molar-refractivity contribution in [1.29, 1.82) is 5.26 Å². The van der Waals surface area contributed by atoms with Crippen LogP contribution in [0.15, 0.2) is 48.2 Å². The molecular formula is C23H22FN3O3. The van der Waals surface area contributed by atoms with Crippen LogP contribution in [0.2, 0.25) is 0 Å². The smallest absolute Gasteiger partial charge is 0.268 e. The van der Waals surface area contributed by atoms with Crippen LogP contribution in [0.5, 0.6) is 5.75 Å². The highest BCUT2D eigenvalue weighted by Crippen LogP contribution is 2.32. The van der Waals surface area contributed by atoms with Crippen LogP contribution in [0.1, 0.15) is 37.0 Å². The summed E-state index contributed by atoms with van der Waals surface area (Å²) in [4.78, 5) is 26.1. The van der Waals surface area contributed by atoms with Crippen molar-refractivity contribution in [3.8, 4) is 11.8 Å². The van der Waals surface area contributed by atoms with Gasteiger partial charge < -0.3 is 15.4 Å². The third kappa shape index (κ3) is 3.77. The first-order chi connectivity index (χ1) is 14.3. The number of benzene rings is 2. The van der Waals surface area contributed by atoms with Crippen molar-refractivity contribution < 1.29 is 18.7 Å². The molecular weight excluding hydrogens is 385 g/mol. The van der Waals surface area contributed by atoms with Crippen LogP contribution in [-0.2, 0) is 16.0 Å². The Balaban J connectivity index is 2.00. The lowest BCUT2D eigenvalue weighted by molar-refractivity contribution is -0.136. The molecule has 1 fully saturated rings. The van der Waals surface area contributed by atoms with Crippen molar-refractivity contribution in [2.45, 2.75) is 32.2 Å². The van der Waals surface area contributed by atoms with E-state index in [0.717, 1.165) is 5.56 Å². The Labute approximate surface area is 174 Å². The van der Waals surface area contributed by atoms with Gasteiger partial charge in [-0.05, 0) is 48.7 Å². The molecule has 1 heterocycles. The van der Waals surface area contributed by atoms with Gasteiger partial charge in [0, 0.05) is 12.0 Å². The van der Waals surface area contributed by atoms with Gasteiger partial charge in [-0.3, -0.25) is 9.59 Å². The average molecular weight is 407 g/mol. The molecule has 2 aromatic carbocycles. The first-order valence-corrected chi connectivity index (χ1v) is 9.52. The van der Waals surface area contributed by atoms with Gasteiger partial charge in [-0.25, -0.2) is 4.39 Å². The second-order valence-corrected chi connectivity index (χ2v) is 7.14. The molecule has 30 heavy (non-hydrogen) atoms. The predicted octanol–water partition coefficient (Wildman–Crippen LogP) is 3.07. The molecule has 2 N–H and O–H groups in total. The molecule has 1 atom stereocenters. The number of carbonyl (C=O) groups is 2. The molecule has 1 unspecified atom stereocenters. The fourth-order valence-electron chi connectivity index (χ4n) is 3.65. The summed E-state index contributed by atoms with van der Waals surface area (Å²) in [6.45, 7) is 3.46. The maximum atomic E-state index is 13.2. The number of nitrogens with zero attached hydrogens (tertiary/aromatic N) is 1. The van der Waals surface area contributed by atoms with E-state index in [1.54, 1.807) is 44.2 Å². The van der Waals surface area contributed by atoms with E-state index in [1.165, 1.54) is 19.2 Å². The monoisotopic (exact) mass is 407 g/mol. The van der Waals surface area contributed by atoms with Crippen molar-refractivity contribution in [2.75, 3.05) is 7.11 Å². The molecule has 7 heteroatoms. The lowest BCUT2D eigenvalue weighted by atomic mass is 9.84. The summed E-state index contributed by atoms with van der Waals surface area (Å²) >= 11 is 0. The summed E-state index contributed by atoms with van der Waals surface area (Å²) in [7, 11) is 1.47. The van der Waals surface area contributed by atoms with Gasteiger partial charge in [0.05, 0.1) is 18.7 Å². The van der Waals surface area contributed by atoms with E-state index in [9.17, 15) is 19.2 Å². The number of rotatable bonds is 5. The maximum Gasteiger partial charge on any atom is 0.268 e. The molecule has 0 saturated carbocycles. The largest absolute Gasteiger partial charge is 0.496 e. The lowest BCUT2D eigenvalue weighted by Crippen LogP contribution is -2.65. The number of nitrogens with one attached hydrogen (secondary N) is 2. The molecule has 1 saturated heterocycles. The van der Waals surface area contributed by atoms with Crippen LogP contribution in [0, 0.1) is 17.1 Å². The van der Waals surface area contributed by atoms with Crippen LogP contribution in [0.3, 0.4) is 0 Å². The Morgan fingerprint density at radius 3 is 2.50 bits per heavy atom. The Kier molecular flexibility index (Phi) is 5.88. The highest BCUT2D eigenvalue weighted by Gasteiger charge is 2.44. The summed E-state index contributed by atoms with van der Waals surface area (Å²) in [6.07, 6.45) is 0.582. The number of piperazine rings is 1. The van der Waals surface area contributed by atoms with Crippen molar-refractivity contribution in [1.82, 2.24) is 10.6 Å². The highest BCUT2D eigenvalue weighted by molar-refractivity contribution is 6.11. The standard InChI is InChI=1S/C23H22FN3O3/c1-4-23(12-15-8-10-17(24)11-9-15)22(29)26-20(21(28)27-23)14(2)19-16(13-25)6-5-7-18(19)30-3/h5-11H,4,12H2,1-3H3,(H,26,29)(H,27,28). The first-order valence-electron chi connectivity index (χ1n) is 9.52. The molecule has 2 aromatic rings. The average Bonchev–Trinajstić information content (AvgIpc) is 2.76. The topological polar surface area (TPSA) is 91.2 Å². The lowest BCUT2D eigenvalue weighted by Gasteiger charge is -2.37. The molecule has 1 aliphatic heterocycles. The van der Waals surface area contributed by atoms with Gasteiger partial charge in [0.15, 0.2) is 0 Å². The number of ether oxygens (including phenoxy) is 1. The number of halogens is 1. The van der Waals surface area contributed by atoms with Crippen LogP contribution >= 0.6 is 0 Å². The van der Waals surface area contributed by atoms with Gasteiger partial charge in [-0.2, -0.15) is 5.26 Å². The minimum atomic E-state index is -1.16. The van der Waals surface area contributed by atoms with Gasteiger partial charge in [-0.15, -0.1) is 0 Å². The fourth-order valence-corrected chi connectivity index (χ4v) is 3.65. The Bertz CT molecular complexity index is 1070. The van der Waals surface area contributed by atoms with Gasteiger partial charge in [0.1, 0.15) is 22.8 Å². The van der Waals surface area contributed by atoms with Crippen molar-refractivity contribution >= 4 is 17.4 Å². The summed E-state index contributed by atoms with van der Waals surface area (Å²) in [5.74, 6) is -0.755. The molecule has 2 amide bonds. The third-order valence-electron chi connectivity index (χ3n) is 5.39. The zero-order valence-electron chi connectivity index (χ0n) is 17.0. The second kappa shape index (κ2) is 8.37. The molecule has 3 rings (SSSR count). The van der Waals surface area contributed by atoms with Crippen LogP contribution in [-0.4, -0.2) is 24.5 Å². The van der Waals surface area contributed by atoms with Crippen molar-refractivity contribution in [2.24, 2.45) is 0 Å². The molecule has 0 spiro atoms. The molecule has 0 radical (unpaired) electrons. The van der Waals surface area contributed by atoms with E-state index in [0.29, 0.717) is 28.9 Å². The Morgan fingerprint density at radius 1 is 1.20 bits per heavy atom. The minimum Gasteiger partial charge on any atom is -0.496 e. The van der Waals surface area contributed by atoms with E-state index in [4.69, 9.17) is 4.74 Å². The fraction of sp³-hybridized carbons (Fsp3) is 0.261. The van der Waals surface area contributed by atoms with E-state index in [1.807, 2.05) is 0 Å². The van der Waals surface area contributed by atoms with Gasteiger partial charge in [0.2, 0.25) is 0 Å². The number of hydrogen-bond acceptors (Lipinski definition) is 4. The molecule has 0 aliphatic carbocycles. The predicted molar refractivity (Wildman–Crippen MR) is 110 cm³/mol. The summed E-state index contributed by atoms with van der Waals surface area (Å²) in [5, 5.41) is 15.0. The molecule has 0 bridgehead atoms. The number of amides is 2. The summed E-state index contributed by atoms with van der Waals surface area (Å²) in [5.41, 5.74) is 0.868. The van der Waals surface area contributed by atoms with E-state index < -0.39 is 11.4 Å². The van der Waals surface area contributed by atoms with Crippen molar-refractivity contribution in [3.63, 3.8) is 0 Å². The third-order valence-corrected chi connectivity index (χ3v) is 5.39. The van der Waals surface area contributed by atoms with Crippen molar-refractivity contribution in [3.05, 3.63) is 70.7 Å². The maximum absolute atomic E-state index is 13.2. The summed E-state index contributed by atoms with van der Waals surface area (Å²) < 4.78 is 18.6. The number of nitriles is 1. The first kappa shape index (κ1) is 21.1. The SMILES string of the molecule is CCC1(Cc2ccc(F)cc2)NC(=O)C(=C(C)c2c(C#N)cccc2OC)NC1=O. The van der Waals surface area contributed by atoms with Crippen LogP contribution in [0.25, 0.3) is 5.57 Å². The quantitative estimate of drug-likeness (QED) is 0.746. The van der Waals surface area contributed by atoms with Crippen LogP contribution in [0.4, 0.5) is 4.39 Å². The number of hydrogen-bond donors (Lipinski definition) is 2. The number of methoxy groups -OCH3 is 1. The molecule has 154 valence electrons. The molecule has 1 aliphatic rings. The van der Waals surface area contributed by atoms with E-state index in [2.05, 4.69) is 16.7 Å². The molecule has 6 nitrogen and oxygen atoms in total. The Morgan fingerprint density at radius 2 is 1.90 bits per heavy atom. The number of allylic oxidation sites excluding steroid dienone is 1. The number of carbonyl (C=O) groups excluding carboxylic acids is 2.